The standard InChI is InChI=1S/C19H16Cl2N2O2/c20-14-7-15(21)9-16(8-14)23-18(24)10-17(19(23)25)22-6-5-12-3-1-2-4-13(12)11-22/h1-4,7-9,17H,5-6,10-11H2/t17-/m1/s1. The Kier molecular flexibility index (Phi) is 4.28. The maximum Gasteiger partial charge on any atom is 0.251 e. The lowest BCUT2D eigenvalue weighted by Crippen LogP contribution is -2.44. The van der Waals surface area contributed by atoms with E-state index in [1.54, 1.807) is 18.2 Å². The summed E-state index contributed by atoms with van der Waals surface area (Å²) in [5, 5.41) is 0.803. The van der Waals surface area contributed by atoms with E-state index in [1.165, 1.54) is 16.0 Å². The molecule has 1 saturated heterocycles. The average molecular weight is 375 g/mol. The molecule has 4 nitrogen and oxygen atoms in total. The van der Waals surface area contributed by atoms with Crippen LogP contribution in [0.3, 0.4) is 0 Å². The average Bonchev–Trinajstić information content (AvgIpc) is 2.88. The van der Waals surface area contributed by atoms with Gasteiger partial charge in [0.1, 0.15) is 0 Å². The molecule has 0 radical (unpaired) electrons. The highest BCUT2D eigenvalue weighted by Crippen LogP contribution is 2.32. The minimum Gasteiger partial charge on any atom is -0.287 e. The third kappa shape index (κ3) is 3.06. The first-order valence-electron chi connectivity index (χ1n) is 8.16. The molecule has 128 valence electrons. The number of amides is 2. The Bertz CT molecular complexity index is 848. The maximum atomic E-state index is 12.9. The first-order valence-corrected chi connectivity index (χ1v) is 8.92. The summed E-state index contributed by atoms with van der Waals surface area (Å²) < 4.78 is 0. The summed E-state index contributed by atoms with van der Waals surface area (Å²) in [6, 6.07) is 12.6. The second kappa shape index (κ2) is 6.45. The fourth-order valence-corrected chi connectivity index (χ4v) is 4.14. The lowest BCUT2D eigenvalue weighted by molar-refractivity contribution is -0.123. The highest BCUT2D eigenvalue weighted by Gasteiger charge is 2.43. The van der Waals surface area contributed by atoms with Crippen LogP contribution in [0.1, 0.15) is 17.5 Å². The fourth-order valence-electron chi connectivity index (χ4n) is 3.62. The summed E-state index contributed by atoms with van der Waals surface area (Å²) in [7, 11) is 0. The molecule has 0 aromatic heterocycles. The Balaban J connectivity index is 1.60. The molecule has 0 spiro atoms. The third-order valence-corrected chi connectivity index (χ3v) is 5.27. The van der Waals surface area contributed by atoms with Gasteiger partial charge in [0.2, 0.25) is 5.91 Å². The summed E-state index contributed by atoms with van der Waals surface area (Å²) >= 11 is 12.0. The van der Waals surface area contributed by atoms with Crippen LogP contribution in [0.15, 0.2) is 42.5 Å². The van der Waals surface area contributed by atoms with Crippen molar-refractivity contribution in [3.05, 3.63) is 63.6 Å². The molecule has 0 saturated carbocycles. The van der Waals surface area contributed by atoms with Gasteiger partial charge in [0.15, 0.2) is 0 Å². The molecule has 0 unspecified atom stereocenters. The van der Waals surface area contributed by atoms with E-state index < -0.39 is 6.04 Å². The molecular formula is C19H16Cl2N2O2. The van der Waals surface area contributed by atoms with Crippen LogP contribution >= 0.6 is 23.2 Å². The first kappa shape index (κ1) is 16.6. The lowest BCUT2D eigenvalue weighted by Gasteiger charge is -2.32. The molecule has 6 heteroatoms. The van der Waals surface area contributed by atoms with Crippen molar-refractivity contribution in [1.82, 2.24) is 4.90 Å². The zero-order valence-corrected chi connectivity index (χ0v) is 14.9. The topological polar surface area (TPSA) is 40.6 Å². The number of fused-ring (bicyclic) bond motifs is 1. The van der Waals surface area contributed by atoms with Crippen molar-refractivity contribution in [2.24, 2.45) is 0 Å². The zero-order valence-electron chi connectivity index (χ0n) is 13.4. The minimum absolute atomic E-state index is 0.186. The lowest BCUT2D eigenvalue weighted by atomic mass is 9.98. The van der Waals surface area contributed by atoms with Gasteiger partial charge in [0, 0.05) is 23.1 Å². The molecule has 2 aromatic carbocycles. The van der Waals surface area contributed by atoms with Gasteiger partial charge in [-0.2, -0.15) is 0 Å². The number of carbonyl (C=O) groups is 2. The van der Waals surface area contributed by atoms with Crippen molar-refractivity contribution in [3.8, 4) is 0 Å². The first-order chi connectivity index (χ1) is 12.0. The minimum atomic E-state index is -0.432. The van der Waals surface area contributed by atoms with E-state index in [2.05, 4.69) is 17.0 Å². The number of hydrogen-bond donors (Lipinski definition) is 0. The number of halogens is 2. The molecule has 0 bridgehead atoms. The molecule has 0 aliphatic carbocycles. The van der Waals surface area contributed by atoms with Crippen LogP contribution in [0, 0.1) is 0 Å². The maximum absolute atomic E-state index is 12.9. The van der Waals surface area contributed by atoms with Gasteiger partial charge in [-0.1, -0.05) is 47.5 Å². The van der Waals surface area contributed by atoms with Crippen LogP contribution in [0.2, 0.25) is 10.0 Å². The van der Waals surface area contributed by atoms with E-state index in [9.17, 15) is 9.59 Å². The smallest absolute Gasteiger partial charge is 0.251 e. The summed E-state index contributed by atoms with van der Waals surface area (Å²) in [5.74, 6) is -0.421. The number of imide groups is 1. The van der Waals surface area contributed by atoms with Crippen molar-refractivity contribution in [1.29, 1.82) is 0 Å². The molecule has 0 N–H and O–H groups in total. The van der Waals surface area contributed by atoms with Gasteiger partial charge in [-0.3, -0.25) is 14.5 Å². The van der Waals surface area contributed by atoms with Crippen molar-refractivity contribution in [2.45, 2.75) is 25.4 Å². The second-order valence-electron chi connectivity index (χ2n) is 6.40. The number of carbonyl (C=O) groups excluding carboxylic acids is 2. The van der Waals surface area contributed by atoms with Crippen LogP contribution in [0.5, 0.6) is 0 Å². The van der Waals surface area contributed by atoms with E-state index in [4.69, 9.17) is 23.2 Å². The van der Waals surface area contributed by atoms with Crippen LogP contribution in [0.4, 0.5) is 5.69 Å². The fraction of sp³-hybridized carbons (Fsp3) is 0.263. The van der Waals surface area contributed by atoms with Crippen LogP contribution in [0.25, 0.3) is 0 Å². The molecule has 2 aromatic rings. The quantitative estimate of drug-likeness (QED) is 0.752. The summed E-state index contributed by atoms with van der Waals surface area (Å²) in [5.41, 5.74) is 2.97. The predicted octanol–water partition coefficient (Wildman–Crippen LogP) is 3.68. The molecule has 4 rings (SSSR count). The highest BCUT2D eigenvalue weighted by molar-refractivity contribution is 6.35. The SMILES string of the molecule is O=C1C[C@@H](N2CCc3ccccc3C2)C(=O)N1c1cc(Cl)cc(Cl)c1. The second-order valence-corrected chi connectivity index (χ2v) is 7.28. The van der Waals surface area contributed by atoms with E-state index >= 15 is 0 Å². The number of anilines is 1. The van der Waals surface area contributed by atoms with Gasteiger partial charge in [-0.25, -0.2) is 4.90 Å². The summed E-state index contributed by atoms with van der Waals surface area (Å²) in [6.07, 6.45) is 1.07. The Morgan fingerprint density at radius 1 is 0.960 bits per heavy atom. The monoisotopic (exact) mass is 374 g/mol. The van der Waals surface area contributed by atoms with Gasteiger partial charge < -0.3 is 0 Å². The van der Waals surface area contributed by atoms with Crippen molar-refractivity contribution < 1.29 is 9.59 Å². The highest BCUT2D eigenvalue weighted by atomic mass is 35.5. The largest absolute Gasteiger partial charge is 0.287 e. The summed E-state index contributed by atoms with van der Waals surface area (Å²) in [6.45, 7) is 1.45. The van der Waals surface area contributed by atoms with Gasteiger partial charge in [0.25, 0.3) is 5.91 Å². The van der Waals surface area contributed by atoms with Crippen molar-refractivity contribution >= 4 is 40.7 Å². The molecule has 2 aliphatic rings. The number of benzene rings is 2. The predicted molar refractivity (Wildman–Crippen MR) is 97.9 cm³/mol. The molecule has 1 atom stereocenters. The van der Waals surface area contributed by atoms with E-state index in [0.29, 0.717) is 22.3 Å². The third-order valence-electron chi connectivity index (χ3n) is 4.83. The van der Waals surface area contributed by atoms with Gasteiger partial charge >= 0.3 is 0 Å². The Morgan fingerprint density at radius 3 is 2.36 bits per heavy atom. The van der Waals surface area contributed by atoms with E-state index in [1.807, 2.05) is 12.1 Å². The van der Waals surface area contributed by atoms with E-state index in [0.717, 1.165) is 13.0 Å². The van der Waals surface area contributed by atoms with Gasteiger partial charge in [-0.15, -0.1) is 0 Å². The van der Waals surface area contributed by atoms with Crippen molar-refractivity contribution in [3.63, 3.8) is 0 Å². The van der Waals surface area contributed by atoms with Crippen LogP contribution in [-0.2, 0) is 22.6 Å². The molecular weight excluding hydrogens is 359 g/mol. The normalized spacial score (nSPS) is 20.9. The summed E-state index contributed by atoms with van der Waals surface area (Å²) in [4.78, 5) is 28.7. The van der Waals surface area contributed by atoms with Crippen LogP contribution in [-0.4, -0.2) is 29.3 Å². The number of rotatable bonds is 2. The number of hydrogen-bond acceptors (Lipinski definition) is 3. The Morgan fingerprint density at radius 2 is 1.64 bits per heavy atom. The molecule has 2 heterocycles. The number of nitrogens with zero attached hydrogens (tertiary/aromatic N) is 2. The van der Waals surface area contributed by atoms with Gasteiger partial charge in [0.05, 0.1) is 18.2 Å². The molecule has 25 heavy (non-hydrogen) atoms. The van der Waals surface area contributed by atoms with Crippen molar-refractivity contribution in [2.75, 3.05) is 11.4 Å². The molecule has 2 amide bonds. The van der Waals surface area contributed by atoms with Crippen LogP contribution < -0.4 is 4.90 Å². The Hall–Kier alpha value is -1.88. The van der Waals surface area contributed by atoms with Gasteiger partial charge in [-0.05, 0) is 35.7 Å². The zero-order chi connectivity index (χ0) is 17.6. The molecule has 1 fully saturated rings. The Labute approximate surface area is 155 Å². The van der Waals surface area contributed by atoms with E-state index in [-0.39, 0.29) is 18.2 Å². The molecule has 2 aliphatic heterocycles.